The first-order valence-electron chi connectivity index (χ1n) is 5.18. The van der Waals surface area contributed by atoms with E-state index in [4.69, 9.17) is 15.2 Å². The van der Waals surface area contributed by atoms with E-state index in [2.05, 4.69) is 11.8 Å². The Bertz CT molecular complexity index is 123. The Morgan fingerprint density at radius 1 is 1.14 bits per heavy atom. The van der Waals surface area contributed by atoms with E-state index in [1.807, 2.05) is 0 Å². The van der Waals surface area contributed by atoms with Gasteiger partial charge in [0.2, 0.25) is 0 Å². The van der Waals surface area contributed by atoms with E-state index in [1.54, 1.807) is 14.2 Å². The lowest BCUT2D eigenvalue weighted by molar-refractivity contribution is 0.105. The number of hydrogen-bond acceptors (Lipinski definition) is 4. The molecule has 2 N–H and O–H groups in total. The maximum absolute atomic E-state index is 5.55. The zero-order valence-electron chi connectivity index (χ0n) is 9.66. The molecule has 0 fully saturated rings. The smallest absolute Gasteiger partial charge is 0.0589 e. The van der Waals surface area contributed by atoms with Gasteiger partial charge in [-0.25, -0.2) is 0 Å². The number of hydrogen-bond donors (Lipinski definition) is 1. The minimum Gasteiger partial charge on any atom is -0.385 e. The lowest BCUT2D eigenvalue weighted by atomic mass is 10.2. The molecule has 0 amide bonds. The second-order valence-corrected chi connectivity index (χ2v) is 3.45. The average Bonchev–Trinajstić information content (AvgIpc) is 2.20. The van der Waals surface area contributed by atoms with Crippen LogP contribution in [0.5, 0.6) is 0 Å². The molecule has 0 aliphatic heterocycles. The van der Waals surface area contributed by atoms with Crippen molar-refractivity contribution in [3.8, 4) is 0 Å². The van der Waals surface area contributed by atoms with E-state index in [0.717, 1.165) is 32.7 Å². The Labute approximate surface area is 87.4 Å². The fraction of sp³-hybridized carbons (Fsp3) is 1.00. The first-order valence-corrected chi connectivity index (χ1v) is 5.18. The highest BCUT2D eigenvalue weighted by atomic mass is 16.5. The molecule has 0 aliphatic rings. The Kier molecular flexibility index (Phi) is 9.29. The summed E-state index contributed by atoms with van der Waals surface area (Å²) in [6.45, 7) is 6.32. The second kappa shape index (κ2) is 9.40. The van der Waals surface area contributed by atoms with Gasteiger partial charge in [-0.3, -0.25) is 4.90 Å². The van der Waals surface area contributed by atoms with Crippen LogP contribution in [0.2, 0.25) is 0 Å². The summed E-state index contributed by atoms with van der Waals surface area (Å²) in [5, 5.41) is 0. The van der Waals surface area contributed by atoms with Gasteiger partial charge in [0.25, 0.3) is 0 Å². The van der Waals surface area contributed by atoms with E-state index in [0.29, 0.717) is 12.6 Å². The minimum absolute atomic E-state index is 0.508. The van der Waals surface area contributed by atoms with Gasteiger partial charge in [-0.2, -0.15) is 0 Å². The summed E-state index contributed by atoms with van der Waals surface area (Å²) in [6, 6.07) is 0.508. The van der Waals surface area contributed by atoms with Crippen LogP contribution in [0.1, 0.15) is 13.3 Å². The van der Waals surface area contributed by atoms with E-state index >= 15 is 0 Å². The van der Waals surface area contributed by atoms with Crippen LogP contribution < -0.4 is 5.73 Å². The van der Waals surface area contributed by atoms with E-state index < -0.39 is 0 Å². The van der Waals surface area contributed by atoms with Gasteiger partial charge >= 0.3 is 0 Å². The SMILES string of the molecule is COCCC(C)N(CCN)CCOC. The van der Waals surface area contributed by atoms with Crippen LogP contribution in [0.3, 0.4) is 0 Å². The van der Waals surface area contributed by atoms with Crippen LogP contribution in [0, 0.1) is 0 Å². The highest BCUT2D eigenvalue weighted by Gasteiger charge is 2.11. The van der Waals surface area contributed by atoms with Crippen LogP contribution in [0.15, 0.2) is 0 Å². The average molecular weight is 204 g/mol. The predicted octanol–water partition coefficient (Wildman–Crippen LogP) is 0.319. The van der Waals surface area contributed by atoms with E-state index in [-0.39, 0.29) is 0 Å². The van der Waals surface area contributed by atoms with Gasteiger partial charge in [0.15, 0.2) is 0 Å². The number of nitrogens with two attached hydrogens (primary N) is 1. The van der Waals surface area contributed by atoms with Gasteiger partial charge in [-0.05, 0) is 13.3 Å². The van der Waals surface area contributed by atoms with Crippen LogP contribution in [-0.2, 0) is 9.47 Å². The van der Waals surface area contributed by atoms with Crippen molar-refractivity contribution in [2.24, 2.45) is 5.73 Å². The predicted molar refractivity (Wildman–Crippen MR) is 58.5 cm³/mol. The fourth-order valence-corrected chi connectivity index (χ4v) is 1.40. The summed E-state index contributed by atoms with van der Waals surface area (Å²) in [5.41, 5.74) is 5.55. The van der Waals surface area contributed by atoms with Crippen molar-refractivity contribution in [2.45, 2.75) is 19.4 Å². The van der Waals surface area contributed by atoms with Crippen molar-refractivity contribution in [1.29, 1.82) is 0 Å². The summed E-state index contributed by atoms with van der Waals surface area (Å²) >= 11 is 0. The van der Waals surface area contributed by atoms with Crippen molar-refractivity contribution in [3.05, 3.63) is 0 Å². The highest BCUT2D eigenvalue weighted by molar-refractivity contribution is 4.67. The number of nitrogens with zero attached hydrogens (tertiary/aromatic N) is 1. The largest absolute Gasteiger partial charge is 0.385 e. The molecule has 0 spiro atoms. The highest BCUT2D eigenvalue weighted by Crippen LogP contribution is 2.03. The zero-order chi connectivity index (χ0) is 10.8. The van der Waals surface area contributed by atoms with Crippen molar-refractivity contribution >= 4 is 0 Å². The molecule has 0 aromatic rings. The van der Waals surface area contributed by atoms with Crippen LogP contribution in [0.25, 0.3) is 0 Å². The van der Waals surface area contributed by atoms with Crippen molar-refractivity contribution in [3.63, 3.8) is 0 Å². The molecule has 0 heterocycles. The molecule has 14 heavy (non-hydrogen) atoms. The third kappa shape index (κ3) is 6.32. The Morgan fingerprint density at radius 3 is 2.29 bits per heavy atom. The summed E-state index contributed by atoms with van der Waals surface area (Å²) < 4.78 is 10.1. The van der Waals surface area contributed by atoms with E-state index in [1.165, 1.54) is 0 Å². The van der Waals surface area contributed by atoms with Crippen molar-refractivity contribution in [1.82, 2.24) is 4.90 Å². The molecule has 0 rings (SSSR count). The van der Waals surface area contributed by atoms with Gasteiger partial charge in [0.05, 0.1) is 6.61 Å². The monoisotopic (exact) mass is 204 g/mol. The molecule has 1 atom stereocenters. The molecule has 4 nitrogen and oxygen atoms in total. The van der Waals surface area contributed by atoms with E-state index in [9.17, 15) is 0 Å². The molecule has 0 saturated heterocycles. The molecule has 4 heteroatoms. The maximum Gasteiger partial charge on any atom is 0.0589 e. The minimum atomic E-state index is 0.508. The lowest BCUT2D eigenvalue weighted by Crippen LogP contribution is -2.39. The summed E-state index contributed by atoms with van der Waals surface area (Å²) in [5.74, 6) is 0. The standard InChI is InChI=1S/C10H24N2O2/c1-10(4-8-13-2)12(6-5-11)7-9-14-3/h10H,4-9,11H2,1-3H3. The van der Waals surface area contributed by atoms with Gasteiger partial charge in [-0.1, -0.05) is 0 Å². The van der Waals surface area contributed by atoms with Crippen LogP contribution >= 0.6 is 0 Å². The van der Waals surface area contributed by atoms with Crippen LogP contribution in [-0.4, -0.2) is 58.0 Å². The Hall–Kier alpha value is -0.160. The molecule has 0 aliphatic carbocycles. The summed E-state index contributed by atoms with van der Waals surface area (Å²) in [7, 11) is 3.45. The van der Waals surface area contributed by atoms with Gasteiger partial charge < -0.3 is 15.2 Å². The second-order valence-electron chi connectivity index (χ2n) is 3.45. The van der Waals surface area contributed by atoms with Crippen molar-refractivity contribution < 1.29 is 9.47 Å². The Balaban J connectivity index is 3.77. The molecule has 0 aromatic heterocycles. The molecular weight excluding hydrogens is 180 g/mol. The lowest BCUT2D eigenvalue weighted by Gasteiger charge is -2.28. The molecule has 1 unspecified atom stereocenters. The number of ether oxygens (including phenoxy) is 2. The normalized spacial score (nSPS) is 13.5. The number of methoxy groups -OCH3 is 2. The zero-order valence-corrected chi connectivity index (χ0v) is 9.66. The summed E-state index contributed by atoms with van der Waals surface area (Å²) in [6.07, 6.45) is 1.04. The molecule has 0 saturated carbocycles. The third-order valence-corrected chi connectivity index (χ3v) is 2.36. The van der Waals surface area contributed by atoms with Gasteiger partial charge in [0, 0.05) is 46.5 Å². The van der Waals surface area contributed by atoms with Crippen LogP contribution in [0.4, 0.5) is 0 Å². The topological polar surface area (TPSA) is 47.7 Å². The molecule has 86 valence electrons. The first kappa shape index (κ1) is 13.8. The maximum atomic E-state index is 5.55. The first-order chi connectivity index (χ1) is 6.76. The summed E-state index contributed by atoms with van der Waals surface area (Å²) in [4.78, 5) is 2.34. The third-order valence-electron chi connectivity index (χ3n) is 2.36. The molecule has 0 radical (unpaired) electrons. The van der Waals surface area contributed by atoms with Gasteiger partial charge in [-0.15, -0.1) is 0 Å². The molecule has 0 aromatic carbocycles. The molecule has 0 bridgehead atoms. The Morgan fingerprint density at radius 2 is 1.79 bits per heavy atom. The van der Waals surface area contributed by atoms with Gasteiger partial charge in [0.1, 0.15) is 0 Å². The van der Waals surface area contributed by atoms with Crippen molar-refractivity contribution in [2.75, 3.05) is 47.1 Å². The quantitative estimate of drug-likeness (QED) is 0.587. The molecular formula is C10H24N2O2. The fourth-order valence-electron chi connectivity index (χ4n) is 1.40. The number of rotatable bonds is 9.